The molecule has 0 fully saturated rings. The fourth-order valence-corrected chi connectivity index (χ4v) is 3.65. The van der Waals surface area contributed by atoms with E-state index in [2.05, 4.69) is 47.5 Å². The van der Waals surface area contributed by atoms with Crippen LogP contribution in [0.25, 0.3) is 0 Å². The highest BCUT2D eigenvalue weighted by molar-refractivity contribution is 9.10. The molecule has 0 unspecified atom stereocenters. The van der Waals surface area contributed by atoms with E-state index in [0.29, 0.717) is 31.5 Å². The predicted molar refractivity (Wildman–Crippen MR) is 124 cm³/mol. The molecule has 0 aliphatic heterocycles. The number of aromatic nitrogens is 2. The second kappa shape index (κ2) is 9.92. The lowest BCUT2D eigenvalue weighted by Crippen LogP contribution is -2.17. The van der Waals surface area contributed by atoms with Crippen LogP contribution < -0.4 is 10.2 Å². The number of ether oxygens (including phenoxy) is 1. The third-order valence-corrected chi connectivity index (χ3v) is 5.92. The molecular weight excluding hydrogens is 550 g/mol. The number of carbonyl (C=O) groups is 1. The molecule has 2 N–H and O–H groups in total. The molecule has 0 radical (unpaired) electrons. The van der Waals surface area contributed by atoms with Crippen molar-refractivity contribution in [1.29, 1.82) is 0 Å². The first-order valence-electron chi connectivity index (χ1n) is 9.07. The fourth-order valence-electron chi connectivity index (χ4n) is 2.86. The number of hydrazone groups is 1. The summed E-state index contributed by atoms with van der Waals surface area (Å²) in [5.41, 5.74) is 4.40. The van der Waals surface area contributed by atoms with Crippen LogP contribution in [-0.2, 0) is 6.54 Å². The van der Waals surface area contributed by atoms with Gasteiger partial charge in [0.1, 0.15) is 16.0 Å². The Morgan fingerprint density at radius 3 is 2.75 bits per heavy atom. The van der Waals surface area contributed by atoms with E-state index < -0.39 is 10.8 Å². The SMILES string of the molecule is COc1ccc(C=NNC(=O)c2cc(Br)ccc2O)cc1Cn1nc([N+](=O)[O-])c(Br)c1C. The van der Waals surface area contributed by atoms with Crippen molar-refractivity contribution in [2.75, 3.05) is 7.11 Å². The summed E-state index contributed by atoms with van der Waals surface area (Å²) in [5, 5.41) is 29.0. The summed E-state index contributed by atoms with van der Waals surface area (Å²) < 4.78 is 7.85. The molecule has 2 aromatic carbocycles. The van der Waals surface area contributed by atoms with Crippen molar-refractivity contribution in [2.45, 2.75) is 13.5 Å². The number of nitrogens with one attached hydrogen (secondary N) is 1. The number of hydrogen-bond donors (Lipinski definition) is 2. The van der Waals surface area contributed by atoms with Gasteiger partial charge < -0.3 is 20.0 Å². The van der Waals surface area contributed by atoms with Gasteiger partial charge in [0.05, 0.1) is 36.2 Å². The van der Waals surface area contributed by atoms with Gasteiger partial charge >= 0.3 is 5.82 Å². The number of rotatable bonds is 7. The Kier molecular flexibility index (Phi) is 7.26. The summed E-state index contributed by atoms with van der Waals surface area (Å²) in [6, 6.07) is 9.73. The summed E-state index contributed by atoms with van der Waals surface area (Å²) in [7, 11) is 1.52. The minimum Gasteiger partial charge on any atom is -0.507 e. The Labute approximate surface area is 199 Å². The van der Waals surface area contributed by atoms with E-state index in [4.69, 9.17) is 4.74 Å². The number of methoxy groups -OCH3 is 1. The van der Waals surface area contributed by atoms with Gasteiger partial charge in [-0.3, -0.25) is 4.79 Å². The second-order valence-corrected chi connectivity index (χ2v) is 8.28. The quantitative estimate of drug-likeness (QED) is 0.251. The van der Waals surface area contributed by atoms with E-state index in [1.807, 2.05) is 0 Å². The first kappa shape index (κ1) is 23.4. The normalized spacial score (nSPS) is 11.0. The van der Waals surface area contributed by atoms with E-state index in [0.717, 1.165) is 0 Å². The van der Waals surface area contributed by atoms with E-state index in [1.54, 1.807) is 31.2 Å². The van der Waals surface area contributed by atoms with E-state index in [9.17, 15) is 20.0 Å². The first-order chi connectivity index (χ1) is 15.2. The monoisotopic (exact) mass is 565 g/mol. The van der Waals surface area contributed by atoms with Crippen LogP contribution >= 0.6 is 31.9 Å². The predicted octanol–water partition coefficient (Wildman–Crippen LogP) is 4.15. The second-order valence-electron chi connectivity index (χ2n) is 6.57. The lowest BCUT2D eigenvalue weighted by atomic mass is 10.1. The van der Waals surface area contributed by atoms with E-state index in [-0.39, 0.29) is 23.7 Å². The van der Waals surface area contributed by atoms with Gasteiger partial charge in [0.15, 0.2) is 0 Å². The minimum atomic E-state index is -0.571. The van der Waals surface area contributed by atoms with Crippen molar-refractivity contribution in [1.82, 2.24) is 15.2 Å². The number of phenolic OH excluding ortho intramolecular Hbond substituents is 1. The number of halogens is 2. The zero-order valence-corrected chi connectivity index (χ0v) is 20.0. The molecule has 12 heteroatoms. The van der Waals surface area contributed by atoms with Gasteiger partial charge in [-0.15, -0.1) is 0 Å². The number of hydrogen-bond acceptors (Lipinski definition) is 7. The Morgan fingerprint density at radius 2 is 2.09 bits per heavy atom. The zero-order valence-electron chi connectivity index (χ0n) is 16.9. The molecule has 0 saturated heterocycles. The summed E-state index contributed by atoms with van der Waals surface area (Å²) in [6.45, 7) is 1.94. The number of phenols is 1. The highest BCUT2D eigenvalue weighted by atomic mass is 79.9. The van der Waals surface area contributed by atoms with Gasteiger partial charge in [0.25, 0.3) is 5.91 Å². The van der Waals surface area contributed by atoms with Crippen LogP contribution in [0.1, 0.15) is 27.2 Å². The first-order valence-corrected chi connectivity index (χ1v) is 10.7. The molecule has 0 bridgehead atoms. The molecule has 166 valence electrons. The molecule has 3 aromatic rings. The van der Waals surface area contributed by atoms with E-state index in [1.165, 1.54) is 30.1 Å². The van der Waals surface area contributed by atoms with Crippen molar-refractivity contribution in [3.05, 3.63) is 77.8 Å². The van der Waals surface area contributed by atoms with Gasteiger partial charge in [-0.25, -0.2) is 5.43 Å². The van der Waals surface area contributed by atoms with Crippen LogP contribution in [0.3, 0.4) is 0 Å². The molecule has 1 heterocycles. The maximum Gasteiger partial charge on any atom is 0.404 e. The molecular formula is C20H17Br2N5O5. The third-order valence-electron chi connectivity index (χ3n) is 4.50. The number of carbonyl (C=O) groups excluding carboxylic acids is 1. The van der Waals surface area contributed by atoms with Crippen LogP contribution in [-0.4, -0.2) is 39.0 Å². The van der Waals surface area contributed by atoms with Gasteiger partial charge in [-0.05, 0) is 69.7 Å². The molecule has 32 heavy (non-hydrogen) atoms. The van der Waals surface area contributed by atoms with Gasteiger partial charge in [0.2, 0.25) is 0 Å². The van der Waals surface area contributed by atoms with Crippen LogP contribution in [0, 0.1) is 17.0 Å². The largest absolute Gasteiger partial charge is 0.507 e. The zero-order chi connectivity index (χ0) is 23.4. The topological polar surface area (TPSA) is 132 Å². The average molecular weight is 567 g/mol. The Bertz CT molecular complexity index is 1230. The molecule has 0 atom stereocenters. The maximum atomic E-state index is 12.2. The lowest BCUT2D eigenvalue weighted by molar-refractivity contribution is -0.390. The summed E-state index contributed by atoms with van der Waals surface area (Å²) in [5.74, 6) is -0.433. The highest BCUT2D eigenvalue weighted by Crippen LogP contribution is 2.29. The van der Waals surface area contributed by atoms with Crippen molar-refractivity contribution >= 4 is 49.8 Å². The fraction of sp³-hybridized carbons (Fsp3) is 0.150. The van der Waals surface area contributed by atoms with Gasteiger partial charge in [-0.1, -0.05) is 15.9 Å². The maximum absolute atomic E-state index is 12.2. The number of nitrogens with zero attached hydrogens (tertiary/aromatic N) is 4. The van der Waals surface area contributed by atoms with Crippen molar-refractivity contribution < 1.29 is 19.6 Å². The highest BCUT2D eigenvalue weighted by Gasteiger charge is 2.24. The van der Waals surface area contributed by atoms with Crippen molar-refractivity contribution in [2.24, 2.45) is 5.10 Å². The Balaban J connectivity index is 1.80. The molecule has 1 aromatic heterocycles. The lowest BCUT2D eigenvalue weighted by Gasteiger charge is -2.09. The minimum absolute atomic E-state index is 0.0771. The smallest absolute Gasteiger partial charge is 0.404 e. The summed E-state index contributed by atoms with van der Waals surface area (Å²) in [6.07, 6.45) is 1.43. The standard InChI is InChI=1S/C20H17Br2N5O5/c1-11-18(22)19(27(30)31)25-26(11)10-13-7-12(3-6-17(13)32-2)9-23-24-20(29)15-8-14(21)4-5-16(15)28/h3-9,28H,10H2,1-2H3,(H,24,29). The number of amides is 1. The van der Waals surface area contributed by atoms with Crippen LogP contribution in [0.2, 0.25) is 0 Å². The third kappa shape index (κ3) is 5.14. The van der Waals surface area contributed by atoms with Crippen LogP contribution in [0.15, 0.2) is 50.4 Å². The van der Waals surface area contributed by atoms with Gasteiger partial charge in [0, 0.05) is 10.0 Å². The van der Waals surface area contributed by atoms with Crippen molar-refractivity contribution in [3.63, 3.8) is 0 Å². The Hall–Kier alpha value is -3.25. The number of benzene rings is 2. The Morgan fingerprint density at radius 1 is 1.34 bits per heavy atom. The summed E-state index contributed by atoms with van der Waals surface area (Å²) in [4.78, 5) is 22.8. The number of nitro groups is 1. The molecule has 0 spiro atoms. The van der Waals surface area contributed by atoms with Crippen LogP contribution in [0.4, 0.5) is 5.82 Å². The van der Waals surface area contributed by atoms with Crippen LogP contribution in [0.5, 0.6) is 11.5 Å². The van der Waals surface area contributed by atoms with Crippen molar-refractivity contribution in [3.8, 4) is 11.5 Å². The molecule has 1 amide bonds. The average Bonchev–Trinajstić information content (AvgIpc) is 3.04. The van der Waals surface area contributed by atoms with E-state index >= 15 is 0 Å². The molecule has 0 aliphatic carbocycles. The summed E-state index contributed by atoms with van der Waals surface area (Å²) >= 11 is 6.45. The van der Waals surface area contributed by atoms with Gasteiger partial charge in [-0.2, -0.15) is 9.78 Å². The number of aromatic hydroxyl groups is 1. The molecule has 10 nitrogen and oxygen atoms in total. The molecule has 0 saturated carbocycles. The molecule has 0 aliphatic rings. The molecule has 3 rings (SSSR count).